The molecule has 2 rings (SSSR count). The third-order valence-electron chi connectivity index (χ3n) is 3.75. The molecule has 4 heteroatoms. The van der Waals surface area contributed by atoms with Gasteiger partial charge < -0.3 is 10.5 Å². The molecule has 0 saturated carbocycles. The molecule has 2 saturated heterocycles. The lowest BCUT2D eigenvalue weighted by Gasteiger charge is -2.43. The first-order chi connectivity index (χ1) is 7.63. The summed E-state index contributed by atoms with van der Waals surface area (Å²) >= 11 is 1.99. The van der Waals surface area contributed by atoms with Gasteiger partial charge in [-0.1, -0.05) is 0 Å². The normalized spacial score (nSPS) is 31.2. The van der Waals surface area contributed by atoms with Gasteiger partial charge in [0.25, 0.3) is 0 Å². The molecule has 0 amide bonds. The monoisotopic (exact) mass is 243 g/mol. The molecule has 2 heterocycles. The van der Waals surface area contributed by atoms with Gasteiger partial charge in [-0.3, -0.25) is 4.79 Å². The number of hydrogen-bond acceptors (Lipinski definition) is 4. The summed E-state index contributed by atoms with van der Waals surface area (Å²) in [5, 5.41) is 0. The van der Waals surface area contributed by atoms with Crippen molar-refractivity contribution in [2.75, 3.05) is 18.1 Å². The van der Waals surface area contributed by atoms with Gasteiger partial charge >= 0.3 is 0 Å². The van der Waals surface area contributed by atoms with Crippen LogP contribution >= 0.6 is 11.8 Å². The second-order valence-electron chi connectivity index (χ2n) is 5.02. The van der Waals surface area contributed by atoms with E-state index in [1.165, 1.54) is 11.5 Å². The van der Waals surface area contributed by atoms with E-state index in [4.69, 9.17) is 10.5 Å². The van der Waals surface area contributed by atoms with Crippen molar-refractivity contribution in [3.05, 3.63) is 0 Å². The Morgan fingerprint density at radius 3 is 2.81 bits per heavy atom. The summed E-state index contributed by atoms with van der Waals surface area (Å²) < 4.78 is 5.96. The minimum absolute atomic E-state index is 0.00127. The second kappa shape index (κ2) is 5.07. The molecule has 3 nitrogen and oxygen atoms in total. The highest BCUT2D eigenvalue weighted by molar-refractivity contribution is 7.99. The van der Waals surface area contributed by atoms with Crippen LogP contribution < -0.4 is 5.73 Å². The van der Waals surface area contributed by atoms with Gasteiger partial charge in [-0.2, -0.15) is 11.8 Å². The molecule has 0 bridgehead atoms. The maximum absolute atomic E-state index is 11.9. The molecule has 2 fully saturated rings. The predicted molar refractivity (Wildman–Crippen MR) is 66.6 cm³/mol. The lowest BCUT2D eigenvalue weighted by Crippen LogP contribution is -2.46. The topological polar surface area (TPSA) is 52.3 Å². The van der Waals surface area contributed by atoms with Gasteiger partial charge in [0.15, 0.2) is 5.78 Å². The zero-order valence-corrected chi connectivity index (χ0v) is 10.7. The molecule has 2 N–H and O–H groups in total. The molecule has 2 unspecified atom stereocenters. The zero-order valence-electron chi connectivity index (χ0n) is 9.91. The van der Waals surface area contributed by atoms with Crippen molar-refractivity contribution >= 4 is 17.5 Å². The molecule has 16 heavy (non-hydrogen) atoms. The Hall–Kier alpha value is -0.0600. The maximum atomic E-state index is 11.9. The highest BCUT2D eigenvalue weighted by Crippen LogP contribution is 2.40. The third-order valence-corrected chi connectivity index (χ3v) is 4.73. The van der Waals surface area contributed by atoms with Crippen molar-refractivity contribution in [2.45, 2.75) is 44.2 Å². The van der Waals surface area contributed by atoms with Crippen LogP contribution in [0.5, 0.6) is 0 Å². The highest BCUT2D eigenvalue weighted by atomic mass is 32.2. The van der Waals surface area contributed by atoms with Crippen LogP contribution in [0.1, 0.15) is 32.6 Å². The summed E-state index contributed by atoms with van der Waals surface area (Å²) in [5.41, 5.74) is 5.69. The fourth-order valence-electron chi connectivity index (χ4n) is 2.73. The summed E-state index contributed by atoms with van der Waals surface area (Å²) in [7, 11) is 0. The number of carbonyl (C=O) groups excluding carboxylic acids is 1. The second-order valence-corrected chi connectivity index (χ2v) is 6.25. The Balaban J connectivity index is 2.00. The molecular weight excluding hydrogens is 222 g/mol. The van der Waals surface area contributed by atoms with E-state index in [-0.39, 0.29) is 23.3 Å². The van der Waals surface area contributed by atoms with Crippen LogP contribution in [0.15, 0.2) is 0 Å². The average Bonchev–Trinajstić information content (AvgIpc) is 2.29. The molecular formula is C12H21NO2S. The van der Waals surface area contributed by atoms with Gasteiger partial charge in [-0.25, -0.2) is 0 Å². The number of carbonyl (C=O) groups is 1. The Morgan fingerprint density at radius 1 is 1.50 bits per heavy atom. The molecule has 92 valence electrons. The summed E-state index contributed by atoms with van der Waals surface area (Å²) in [6.45, 7) is 2.52. The minimum atomic E-state index is -0.321. The standard InChI is InChI=1S/C12H21NO2S/c1-9(13)11(14)10-2-5-15-12(8-10)3-6-16-7-4-12/h9-10H,2-8,13H2,1H3. The SMILES string of the molecule is CC(N)C(=O)C1CCOC2(CCSCC2)C1. The number of thioether (sulfide) groups is 1. The van der Waals surface area contributed by atoms with E-state index in [1.54, 1.807) is 6.92 Å². The molecule has 2 atom stereocenters. The third kappa shape index (κ3) is 2.60. The fraction of sp³-hybridized carbons (Fsp3) is 0.917. The van der Waals surface area contributed by atoms with Gasteiger partial charge in [0, 0.05) is 12.5 Å². The molecule has 0 aromatic rings. The lowest BCUT2D eigenvalue weighted by molar-refractivity contribution is -0.139. The lowest BCUT2D eigenvalue weighted by atomic mass is 9.79. The van der Waals surface area contributed by atoms with Crippen LogP contribution in [0.25, 0.3) is 0 Å². The van der Waals surface area contributed by atoms with Crippen molar-refractivity contribution in [1.29, 1.82) is 0 Å². The quantitative estimate of drug-likeness (QED) is 0.800. The van der Waals surface area contributed by atoms with Crippen molar-refractivity contribution in [1.82, 2.24) is 0 Å². The molecule has 0 radical (unpaired) electrons. The fourth-order valence-corrected chi connectivity index (χ4v) is 3.97. The average molecular weight is 243 g/mol. The van der Waals surface area contributed by atoms with E-state index in [1.807, 2.05) is 11.8 Å². The van der Waals surface area contributed by atoms with E-state index in [2.05, 4.69) is 0 Å². The Bertz CT molecular complexity index is 256. The van der Waals surface area contributed by atoms with Crippen LogP contribution in [0.4, 0.5) is 0 Å². The number of rotatable bonds is 2. The molecule has 0 aromatic heterocycles. The van der Waals surface area contributed by atoms with Crippen LogP contribution in [-0.2, 0) is 9.53 Å². The largest absolute Gasteiger partial charge is 0.375 e. The van der Waals surface area contributed by atoms with Gasteiger partial charge in [-0.05, 0) is 44.1 Å². The number of Topliss-reactive ketones (excluding diaryl/α,β-unsaturated/α-hetero) is 1. The summed E-state index contributed by atoms with van der Waals surface area (Å²) in [5.74, 6) is 2.69. The van der Waals surface area contributed by atoms with E-state index in [0.29, 0.717) is 0 Å². The first-order valence-electron chi connectivity index (χ1n) is 6.14. The first-order valence-corrected chi connectivity index (χ1v) is 7.29. The first kappa shape index (κ1) is 12.4. The van der Waals surface area contributed by atoms with Crippen molar-refractivity contribution in [3.8, 4) is 0 Å². The smallest absolute Gasteiger partial charge is 0.152 e. The van der Waals surface area contributed by atoms with Gasteiger partial charge in [0.2, 0.25) is 0 Å². The summed E-state index contributed by atoms with van der Waals surface area (Å²) in [6.07, 6.45) is 3.95. The van der Waals surface area contributed by atoms with Crippen LogP contribution in [-0.4, -0.2) is 35.5 Å². The van der Waals surface area contributed by atoms with Crippen molar-refractivity contribution < 1.29 is 9.53 Å². The number of hydrogen-bond donors (Lipinski definition) is 1. The van der Waals surface area contributed by atoms with E-state index in [0.717, 1.165) is 32.3 Å². The molecule has 0 aliphatic carbocycles. The van der Waals surface area contributed by atoms with E-state index >= 15 is 0 Å². The van der Waals surface area contributed by atoms with Crippen LogP contribution in [0, 0.1) is 5.92 Å². The van der Waals surface area contributed by atoms with Crippen molar-refractivity contribution in [3.63, 3.8) is 0 Å². The zero-order chi connectivity index (χ0) is 11.6. The molecule has 0 aromatic carbocycles. The summed E-state index contributed by atoms with van der Waals surface area (Å²) in [4.78, 5) is 11.9. The Labute approximate surface area is 101 Å². The molecule has 1 spiro atoms. The van der Waals surface area contributed by atoms with Gasteiger partial charge in [0.1, 0.15) is 0 Å². The number of nitrogens with two attached hydrogens (primary N) is 1. The van der Waals surface area contributed by atoms with Gasteiger partial charge in [-0.15, -0.1) is 0 Å². The summed E-state index contributed by atoms with van der Waals surface area (Å²) in [6, 6.07) is -0.321. The number of ether oxygens (including phenoxy) is 1. The molecule has 2 aliphatic rings. The Morgan fingerprint density at radius 2 is 2.19 bits per heavy atom. The highest BCUT2D eigenvalue weighted by Gasteiger charge is 2.41. The number of ketones is 1. The van der Waals surface area contributed by atoms with Crippen LogP contribution in [0.3, 0.4) is 0 Å². The Kier molecular flexibility index (Phi) is 3.93. The van der Waals surface area contributed by atoms with E-state index < -0.39 is 0 Å². The molecule has 2 aliphatic heterocycles. The van der Waals surface area contributed by atoms with Gasteiger partial charge in [0.05, 0.1) is 11.6 Å². The van der Waals surface area contributed by atoms with E-state index in [9.17, 15) is 4.79 Å². The predicted octanol–water partition coefficient (Wildman–Crippen LogP) is 1.60. The van der Waals surface area contributed by atoms with Crippen LogP contribution in [0.2, 0.25) is 0 Å². The van der Waals surface area contributed by atoms with Crippen molar-refractivity contribution in [2.24, 2.45) is 11.7 Å². The minimum Gasteiger partial charge on any atom is -0.375 e. The maximum Gasteiger partial charge on any atom is 0.152 e.